The van der Waals surface area contributed by atoms with Gasteiger partial charge in [0.2, 0.25) is 5.91 Å². The number of benzene rings is 1. The highest BCUT2D eigenvalue weighted by Crippen LogP contribution is 2.11. The molecule has 0 aromatic heterocycles. The monoisotopic (exact) mass is 352 g/mol. The molecule has 7 heteroatoms. The van der Waals surface area contributed by atoms with Crippen LogP contribution < -0.4 is 10.6 Å². The van der Waals surface area contributed by atoms with E-state index in [-0.39, 0.29) is 11.9 Å². The first kappa shape index (κ1) is 19.1. The second-order valence-electron chi connectivity index (χ2n) is 6.07. The maximum absolute atomic E-state index is 13.6. The van der Waals surface area contributed by atoms with Crippen LogP contribution in [0.25, 0.3) is 0 Å². The summed E-state index contributed by atoms with van der Waals surface area (Å²) in [4.78, 5) is 18.1. The predicted octanol–water partition coefficient (Wildman–Crippen LogP) is 2.07. The van der Waals surface area contributed by atoms with Crippen LogP contribution >= 0.6 is 0 Å². The van der Waals surface area contributed by atoms with Gasteiger partial charge in [-0.1, -0.05) is 13.0 Å². The van der Waals surface area contributed by atoms with Crippen molar-refractivity contribution in [2.75, 3.05) is 26.2 Å². The average Bonchev–Trinajstić information content (AvgIpc) is 3.05. The maximum Gasteiger partial charge on any atom is 0.222 e. The van der Waals surface area contributed by atoms with Crippen LogP contribution in [0.1, 0.15) is 32.3 Å². The van der Waals surface area contributed by atoms with E-state index in [1.54, 1.807) is 0 Å². The van der Waals surface area contributed by atoms with Crippen molar-refractivity contribution in [3.05, 3.63) is 35.4 Å². The Balaban J connectivity index is 1.89. The molecule has 1 amide bonds. The minimum Gasteiger partial charge on any atom is -0.357 e. The maximum atomic E-state index is 13.6. The zero-order chi connectivity index (χ0) is 18.2. The molecule has 0 bridgehead atoms. The van der Waals surface area contributed by atoms with Crippen LogP contribution in [0.5, 0.6) is 0 Å². The van der Waals surface area contributed by atoms with Crippen LogP contribution in [-0.4, -0.2) is 49.0 Å². The third-order valence-electron chi connectivity index (χ3n) is 4.19. The second kappa shape index (κ2) is 9.34. The van der Waals surface area contributed by atoms with E-state index in [0.717, 1.165) is 19.0 Å². The molecule has 1 atom stereocenters. The molecular formula is C18H26F2N4O. The molecule has 1 aromatic carbocycles. The fraction of sp³-hybridized carbons (Fsp3) is 0.556. The van der Waals surface area contributed by atoms with Crippen molar-refractivity contribution in [2.45, 2.75) is 39.2 Å². The van der Waals surface area contributed by atoms with Gasteiger partial charge in [-0.3, -0.25) is 9.79 Å². The molecule has 138 valence electrons. The summed E-state index contributed by atoms with van der Waals surface area (Å²) in [6.45, 7) is 6.36. The van der Waals surface area contributed by atoms with Gasteiger partial charge in [0.15, 0.2) is 5.96 Å². The van der Waals surface area contributed by atoms with Gasteiger partial charge in [-0.15, -0.1) is 0 Å². The fourth-order valence-electron chi connectivity index (χ4n) is 2.85. The number of hydrogen-bond acceptors (Lipinski definition) is 2. The van der Waals surface area contributed by atoms with E-state index in [2.05, 4.69) is 15.6 Å². The first-order valence-corrected chi connectivity index (χ1v) is 8.80. The molecule has 1 fully saturated rings. The van der Waals surface area contributed by atoms with Gasteiger partial charge in [-0.2, -0.15) is 0 Å². The van der Waals surface area contributed by atoms with Crippen LogP contribution in [0, 0.1) is 11.6 Å². The number of likely N-dealkylation sites (tertiary alicyclic amines) is 1. The molecule has 1 aliphatic rings. The van der Waals surface area contributed by atoms with Crippen LogP contribution in [0.4, 0.5) is 8.78 Å². The lowest BCUT2D eigenvalue weighted by Gasteiger charge is -2.18. The molecule has 0 spiro atoms. The van der Waals surface area contributed by atoms with E-state index >= 15 is 0 Å². The highest BCUT2D eigenvalue weighted by Gasteiger charge is 2.25. The standard InChI is InChI=1S/C18H26F2N4O/c1-3-17(25)24-10-8-15(12-24)23-18(21-4-2)22-9-7-13-5-6-14(19)11-16(13)20/h5-6,11,15H,3-4,7-10,12H2,1-2H3,(H2,21,22,23). The summed E-state index contributed by atoms with van der Waals surface area (Å²) in [5, 5.41) is 6.49. The van der Waals surface area contributed by atoms with Crippen molar-refractivity contribution >= 4 is 11.9 Å². The Morgan fingerprint density at radius 2 is 2.16 bits per heavy atom. The van der Waals surface area contributed by atoms with Gasteiger partial charge in [-0.25, -0.2) is 8.78 Å². The normalized spacial score (nSPS) is 17.7. The largest absolute Gasteiger partial charge is 0.357 e. The van der Waals surface area contributed by atoms with Crippen molar-refractivity contribution in [1.82, 2.24) is 15.5 Å². The van der Waals surface area contributed by atoms with Crippen molar-refractivity contribution in [3.8, 4) is 0 Å². The quantitative estimate of drug-likeness (QED) is 0.609. The molecular weight excluding hydrogens is 326 g/mol. The average molecular weight is 352 g/mol. The minimum atomic E-state index is -0.577. The molecule has 0 radical (unpaired) electrons. The topological polar surface area (TPSA) is 56.7 Å². The summed E-state index contributed by atoms with van der Waals surface area (Å²) in [5.74, 6) is -0.302. The molecule has 1 aromatic rings. The lowest BCUT2D eigenvalue weighted by atomic mass is 10.1. The highest BCUT2D eigenvalue weighted by molar-refractivity contribution is 5.80. The van der Waals surface area contributed by atoms with Crippen LogP contribution in [0.3, 0.4) is 0 Å². The molecule has 2 rings (SSSR count). The molecule has 1 aliphatic heterocycles. The number of carbonyl (C=O) groups excluding carboxylic acids is 1. The Labute approximate surface area is 147 Å². The van der Waals surface area contributed by atoms with Gasteiger partial charge < -0.3 is 15.5 Å². The van der Waals surface area contributed by atoms with Crippen molar-refractivity contribution in [2.24, 2.45) is 4.99 Å². The number of nitrogens with zero attached hydrogens (tertiary/aromatic N) is 2. The van der Waals surface area contributed by atoms with Crippen LogP contribution in [0.2, 0.25) is 0 Å². The summed E-state index contributed by atoms with van der Waals surface area (Å²) >= 11 is 0. The van der Waals surface area contributed by atoms with Gasteiger partial charge >= 0.3 is 0 Å². The lowest BCUT2D eigenvalue weighted by molar-refractivity contribution is -0.129. The molecule has 1 saturated heterocycles. The van der Waals surface area contributed by atoms with E-state index < -0.39 is 11.6 Å². The molecule has 1 heterocycles. The third-order valence-corrected chi connectivity index (χ3v) is 4.19. The smallest absolute Gasteiger partial charge is 0.222 e. The molecule has 5 nitrogen and oxygen atoms in total. The van der Waals surface area contributed by atoms with Gasteiger partial charge in [0.05, 0.1) is 0 Å². The first-order valence-electron chi connectivity index (χ1n) is 8.80. The van der Waals surface area contributed by atoms with Crippen molar-refractivity contribution in [1.29, 1.82) is 0 Å². The number of nitrogens with one attached hydrogen (secondary N) is 2. The minimum absolute atomic E-state index is 0.163. The van der Waals surface area contributed by atoms with Gasteiger partial charge in [0, 0.05) is 44.7 Å². The molecule has 0 saturated carbocycles. The number of guanidine groups is 1. The molecule has 1 unspecified atom stereocenters. The number of hydrogen-bond donors (Lipinski definition) is 2. The predicted molar refractivity (Wildman–Crippen MR) is 94.5 cm³/mol. The SMILES string of the molecule is CCNC(=NCCc1ccc(F)cc1F)NC1CCN(C(=O)CC)C1. The number of rotatable bonds is 6. The number of carbonyl (C=O) groups is 1. The summed E-state index contributed by atoms with van der Waals surface area (Å²) in [5.41, 5.74) is 0.446. The van der Waals surface area contributed by atoms with Crippen LogP contribution in [-0.2, 0) is 11.2 Å². The van der Waals surface area contributed by atoms with E-state index in [1.807, 2.05) is 18.7 Å². The Morgan fingerprint density at radius 1 is 1.36 bits per heavy atom. The Bertz CT molecular complexity index is 621. The number of amides is 1. The van der Waals surface area contributed by atoms with Gasteiger partial charge in [0.1, 0.15) is 11.6 Å². The Hall–Kier alpha value is -2.18. The van der Waals surface area contributed by atoms with E-state index in [4.69, 9.17) is 0 Å². The summed E-state index contributed by atoms with van der Waals surface area (Å²) in [6, 6.07) is 3.76. The second-order valence-corrected chi connectivity index (χ2v) is 6.07. The molecule has 0 aliphatic carbocycles. The van der Waals surface area contributed by atoms with Crippen LogP contribution in [0.15, 0.2) is 23.2 Å². The van der Waals surface area contributed by atoms with E-state index in [1.165, 1.54) is 12.1 Å². The Kier molecular flexibility index (Phi) is 7.16. The van der Waals surface area contributed by atoms with Crippen molar-refractivity contribution in [3.63, 3.8) is 0 Å². The Morgan fingerprint density at radius 3 is 2.84 bits per heavy atom. The first-order chi connectivity index (χ1) is 12.0. The molecule has 25 heavy (non-hydrogen) atoms. The zero-order valence-electron chi connectivity index (χ0n) is 14.8. The number of aliphatic imine (C=N–C) groups is 1. The van der Waals surface area contributed by atoms with E-state index in [0.29, 0.717) is 44.0 Å². The summed E-state index contributed by atoms with van der Waals surface area (Å²) < 4.78 is 26.6. The third kappa shape index (κ3) is 5.69. The zero-order valence-corrected chi connectivity index (χ0v) is 14.8. The van der Waals surface area contributed by atoms with Crippen molar-refractivity contribution < 1.29 is 13.6 Å². The summed E-state index contributed by atoms with van der Waals surface area (Å²) in [7, 11) is 0. The number of halogens is 2. The summed E-state index contributed by atoms with van der Waals surface area (Å²) in [6.07, 6.45) is 1.79. The van der Waals surface area contributed by atoms with Gasteiger partial charge in [-0.05, 0) is 31.4 Å². The lowest BCUT2D eigenvalue weighted by Crippen LogP contribution is -2.45. The molecule has 2 N–H and O–H groups in total. The highest BCUT2D eigenvalue weighted by atomic mass is 19.1. The fourth-order valence-corrected chi connectivity index (χ4v) is 2.85. The van der Waals surface area contributed by atoms with Gasteiger partial charge in [0.25, 0.3) is 0 Å². The van der Waals surface area contributed by atoms with E-state index in [9.17, 15) is 13.6 Å².